The highest BCUT2D eigenvalue weighted by atomic mass is 16.5. The largest absolute Gasteiger partial charge is 0.463 e. The van der Waals surface area contributed by atoms with Gasteiger partial charge in [0.15, 0.2) is 0 Å². The lowest BCUT2D eigenvalue weighted by molar-refractivity contribution is -0.157. The number of esters is 1. The van der Waals surface area contributed by atoms with E-state index in [-0.39, 0.29) is 29.7 Å². The van der Waals surface area contributed by atoms with Crippen molar-refractivity contribution in [2.45, 2.75) is 79.2 Å². The molecule has 0 fully saturated rings. The highest BCUT2D eigenvalue weighted by molar-refractivity contribution is 5.86. The molecule has 0 aromatic rings. The monoisotopic (exact) mass is 270 g/mol. The second kappa shape index (κ2) is 9.99. The lowest BCUT2D eigenvalue weighted by Gasteiger charge is -2.25. The van der Waals surface area contributed by atoms with E-state index >= 15 is 0 Å². The summed E-state index contributed by atoms with van der Waals surface area (Å²) < 4.78 is 5.33. The van der Waals surface area contributed by atoms with Crippen LogP contribution in [-0.4, -0.2) is 17.9 Å². The van der Waals surface area contributed by atoms with Crippen LogP contribution in [0.2, 0.25) is 0 Å². The van der Waals surface area contributed by atoms with E-state index in [1.165, 1.54) is 0 Å². The molecule has 0 saturated heterocycles. The molecule has 0 aliphatic heterocycles. The maximum Gasteiger partial charge on any atom is 0.309 e. The number of rotatable bonds is 10. The van der Waals surface area contributed by atoms with Crippen molar-refractivity contribution >= 4 is 11.8 Å². The highest BCUT2D eigenvalue weighted by Gasteiger charge is 2.33. The van der Waals surface area contributed by atoms with Crippen molar-refractivity contribution in [3.63, 3.8) is 0 Å². The predicted molar refractivity (Wildman–Crippen MR) is 77.9 cm³/mol. The van der Waals surface area contributed by atoms with Crippen molar-refractivity contribution in [2.75, 3.05) is 0 Å². The molecule has 2 unspecified atom stereocenters. The normalized spacial score (nSPS) is 14.2. The van der Waals surface area contributed by atoms with Crippen LogP contribution in [0.3, 0.4) is 0 Å². The van der Waals surface area contributed by atoms with E-state index in [1.807, 2.05) is 27.7 Å². The molecule has 0 N–H and O–H groups in total. The van der Waals surface area contributed by atoms with Crippen LogP contribution < -0.4 is 0 Å². The lowest BCUT2D eigenvalue weighted by atomic mass is 9.81. The molecule has 0 spiro atoms. The molecule has 0 aromatic heterocycles. The average Bonchev–Trinajstić information content (AvgIpc) is 2.32. The number of carbonyl (C=O) groups excluding carboxylic acids is 2. The number of hydrogen-bond donors (Lipinski definition) is 0. The molecule has 0 aliphatic carbocycles. The molecule has 2 atom stereocenters. The number of ether oxygens (including phenoxy) is 1. The summed E-state index contributed by atoms with van der Waals surface area (Å²) in [7, 11) is 0. The van der Waals surface area contributed by atoms with E-state index < -0.39 is 0 Å². The zero-order valence-corrected chi connectivity index (χ0v) is 13.2. The lowest BCUT2D eigenvalue weighted by Crippen LogP contribution is -2.32. The Morgan fingerprint density at radius 3 is 1.84 bits per heavy atom. The Bertz CT molecular complexity index is 271. The minimum Gasteiger partial charge on any atom is -0.463 e. The quantitative estimate of drug-likeness (QED) is 0.560. The molecule has 112 valence electrons. The summed E-state index contributed by atoms with van der Waals surface area (Å²) >= 11 is 0. The Hall–Kier alpha value is -0.860. The third-order valence-electron chi connectivity index (χ3n) is 3.25. The van der Waals surface area contributed by atoms with Crippen molar-refractivity contribution in [3.05, 3.63) is 0 Å². The second-order valence-corrected chi connectivity index (χ2v) is 5.49. The van der Waals surface area contributed by atoms with Gasteiger partial charge in [0.2, 0.25) is 0 Å². The first kappa shape index (κ1) is 18.1. The van der Waals surface area contributed by atoms with E-state index in [0.29, 0.717) is 6.42 Å². The zero-order chi connectivity index (χ0) is 14.8. The number of Topliss-reactive ketones (excluding diaryl/α,β-unsaturated/α-hetero) is 1. The van der Waals surface area contributed by atoms with E-state index in [4.69, 9.17) is 4.74 Å². The van der Waals surface area contributed by atoms with E-state index in [1.54, 1.807) is 0 Å². The van der Waals surface area contributed by atoms with Crippen LogP contribution in [0.25, 0.3) is 0 Å². The first-order valence-corrected chi connectivity index (χ1v) is 7.70. The fourth-order valence-corrected chi connectivity index (χ4v) is 2.44. The van der Waals surface area contributed by atoms with Gasteiger partial charge in [-0.3, -0.25) is 9.59 Å². The molecule has 3 nitrogen and oxygen atoms in total. The summed E-state index contributed by atoms with van der Waals surface area (Å²) in [5, 5.41) is 0. The van der Waals surface area contributed by atoms with E-state index in [0.717, 1.165) is 32.1 Å². The third-order valence-corrected chi connectivity index (χ3v) is 3.25. The molecule has 0 radical (unpaired) electrons. The van der Waals surface area contributed by atoms with Gasteiger partial charge in [-0.25, -0.2) is 0 Å². The van der Waals surface area contributed by atoms with Gasteiger partial charge in [0.05, 0.1) is 12.0 Å². The maximum absolute atomic E-state index is 12.2. The predicted octanol–water partition coefficient (Wildman–Crippen LogP) is 4.14. The first-order chi connectivity index (χ1) is 8.97. The number of hydrogen-bond acceptors (Lipinski definition) is 3. The minimum absolute atomic E-state index is 0.115. The second-order valence-electron chi connectivity index (χ2n) is 5.49. The third kappa shape index (κ3) is 6.74. The molecule has 19 heavy (non-hydrogen) atoms. The summed E-state index contributed by atoms with van der Waals surface area (Å²) in [4.78, 5) is 24.4. The van der Waals surface area contributed by atoms with Crippen LogP contribution in [0, 0.1) is 11.8 Å². The Kier molecular flexibility index (Phi) is 9.54. The maximum atomic E-state index is 12.2. The smallest absolute Gasteiger partial charge is 0.309 e. The summed E-state index contributed by atoms with van der Waals surface area (Å²) in [5.41, 5.74) is 0. The molecule has 3 heteroatoms. The van der Waals surface area contributed by atoms with Gasteiger partial charge in [-0.15, -0.1) is 0 Å². The fourth-order valence-electron chi connectivity index (χ4n) is 2.44. The van der Waals surface area contributed by atoms with Crippen LogP contribution in [0.5, 0.6) is 0 Å². The van der Waals surface area contributed by atoms with Gasteiger partial charge < -0.3 is 4.74 Å². The van der Waals surface area contributed by atoms with Crippen LogP contribution >= 0.6 is 0 Å². The minimum atomic E-state index is -0.258. The molecular weight excluding hydrogens is 240 g/mol. The van der Waals surface area contributed by atoms with Gasteiger partial charge in [0, 0.05) is 12.3 Å². The van der Waals surface area contributed by atoms with Crippen molar-refractivity contribution in [3.8, 4) is 0 Å². The van der Waals surface area contributed by atoms with Crippen LogP contribution in [0.1, 0.15) is 73.1 Å². The summed E-state index contributed by atoms with van der Waals surface area (Å²) in [5.74, 6) is -0.384. The zero-order valence-electron chi connectivity index (χ0n) is 13.2. The van der Waals surface area contributed by atoms with Gasteiger partial charge in [0.25, 0.3) is 0 Å². The molecule has 0 bridgehead atoms. The van der Waals surface area contributed by atoms with Crippen molar-refractivity contribution in [2.24, 2.45) is 11.8 Å². The summed E-state index contributed by atoms with van der Waals surface area (Å²) in [6.07, 6.45) is 4.65. The number of ketones is 1. The molecule has 0 heterocycles. The van der Waals surface area contributed by atoms with Gasteiger partial charge in [-0.1, -0.05) is 33.6 Å². The first-order valence-electron chi connectivity index (χ1n) is 7.70. The molecule has 0 rings (SSSR count). The van der Waals surface area contributed by atoms with E-state index in [2.05, 4.69) is 6.92 Å². The van der Waals surface area contributed by atoms with Gasteiger partial charge in [-0.05, 0) is 33.1 Å². The van der Waals surface area contributed by atoms with Crippen LogP contribution in [-0.2, 0) is 14.3 Å². The Labute approximate surface area is 118 Å². The molecular formula is C16H30O3. The Morgan fingerprint density at radius 2 is 1.42 bits per heavy atom. The van der Waals surface area contributed by atoms with E-state index in [9.17, 15) is 9.59 Å². The molecule has 0 saturated carbocycles. The fraction of sp³-hybridized carbons (Fsp3) is 0.875. The van der Waals surface area contributed by atoms with Crippen LogP contribution in [0.15, 0.2) is 0 Å². The van der Waals surface area contributed by atoms with Crippen molar-refractivity contribution in [1.29, 1.82) is 0 Å². The average molecular weight is 270 g/mol. The van der Waals surface area contributed by atoms with Crippen LogP contribution in [0.4, 0.5) is 0 Å². The highest BCUT2D eigenvalue weighted by Crippen LogP contribution is 2.27. The van der Waals surface area contributed by atoms with Crippen molar-refractivity contribution in [1.82, 2.24) is 0 Å². The van der Waals surface area contributed by atoms with Crippen molar-refractivity contribution < 1.29 is 14.3 Å². The Morgan fingerprint density at radius 1 is 0.895 bits per heavy atom. The van der Waals surface area contributed by atoms with Gasteiger partial charge in [0.1, 0.15) is 5.78 Å². The van der Waals surface area contributed by atoms with Gasteiger partial charge in [-0.2, -0.15) is 0 Å². The molecule has 0 aliphatic rings. The summed E-state index contributed by atoms with van der Waals surface area (Å²) in [6, 6.07) is 0. The van der Waals surface area contributed by atoms with Gasteiger partial charge >= 0.3 is 5.97 Å². The molecule has 0 aromatic carbocycles. The number of carbonyl (C=O) groups is 2. The summed E-state index contributed by atoms with van der Waals surface area (Å²) in [6.45, 7) is 9.81. The SMILES string of the molecule is CCCC(=O)C(CCC)C(CCC)C(=O)OC(C)C. The topological polar surface area (TPSA) is 43.4 Å². The standard InChI is InChI=1S/C16H30O3/c1-6-9-13(15(17)11-8-3)14(10-7-2)16(18)19-12(4)5/h12-14H,6-11H2,1-5H3. The molecule has 0 amide bonds. The Balaban J connectivity index is 4.93.